The lowest BCUT2D eigenvalue weighted by atomic mass is 9.81. The summed E-state index contributed by atoms with van der Waals surface area (Å²) in [7, 11) is 3.53. The summed E-state index contributed by atoms with van der Waals surface area (Å²) in [6.07, 6.45) is 6.69. The molecule has 19 heavy (non-hydrogen) atoms. The first kappa shape index (κ1) is 16.3. The molecule has 0 radical (unpaired) electrons. The number of nitrogens with one attached hydrogen (secondary N) is 2. The van der Waals surface area contributed by atoms with Crippen molar-refractivity contribution in [3.05, 3.63) is 0 Å². The molecule has 0 bridgehead atoms. The molecule has 0 aromatic rings. The van der Waals surface area contributed by atoms with Gasteiger partial charge in [0.25, 0.3) is 0 Å². The largest absolute Gasteiger partial charge is 0.337 e. The molecule has 0 saturated heterocycles. The van der Waals surface area contributed by atoms with E-state index in [4.69, 9.17) is 0 Å². The molecule has 0 heterocycles. The first-order chi connectivity index (χ1) is 8.99. The highest BCUT2D eigenvalue weighted by molar-refractivity contribution is 5.73. The van der Waals surface area contributed by atoms with Gasteiger partial charge in [0, 0.05) is 33.2 Å². The van der Waals surface area contributed by atoms with E-state index in [0.717, 1.165) is 18.4 Å². The third kappa shape index (κ3) is 6.81. The number of carbonyl (C=O) groups is 1. The SMILES string of the molecule is CC(C)CC1CCCC(NCCNC(=O)N(C)C)C1. The summed E-state index contributed by atoms with van der Waals surface area (Å²) < 4.78 is 0. The summed E-state index contributed by atoms with van der Waals surface area (Å²) in [4.78, 5) is 12.9. The molecule has 1 aliphatic rings. The smallest absolute Gasteiger partial charge is 0.316 e. The van der Waals surface area contributed by atoms with Gasteiger partial charge in [0.05, 0.1) is 0 Å². The molecule has 2 N–H and O–H groups in total. The van der Waals surface area contributed by atoms with Gasteiger partial charge in [0.2, 0.25) is 0 Å². The van der Waals surface area contributed by atoms with Gasteiger partial charge < -0.3 is 15.5 Å². The van der Waals surface area contributed by atoms with Gasteiger partial charge in [-0.25, -0.2) is 4.79 Å². The molecule has 0 aromatic carbocycles. The number of rotatable bonds is 6. The van der Waals surface area contributed by atoms with Crippen LogP contribution in [-0.2, 0) is 0 Å². The predicted octanol–water partition coefficient (Wildman–Crippen LogP) is 2.45. The lowest BCUT2D eigenvalue weighted by molar-refractivity contribution is 0.216. The van der Waals surface area contributed by atoms with Gasteiger partial charge in [-0.3, -0.25) is 0 Å². The second-order valence-corrected chi connectivity index (χ2v) is 6.44. The van der Waals surface area contributed by atoms with E-state index in [0.29, 0.717) is 12.6 Å². The van der Waals surface area contributed by atoms with E-state index in [1.165, 1.54) is 32.1 Å². The second-order valence-electron chi connectivity index (χ2n) is 6.44. The molecular weight excluding hydrogens is 238 g/mol. The summed E-state index contributed by atoms with van der Waals surface area (Å²) in [5, 5.41) is 6.48. The van der Waals surface area contributed by atoms with Crippen LogP contribution in [0, 0.1) is 11.8 Å². The highest BCUT2D eigenvalue weighted by Crippen LogP contribution is 2.29. The maximum Gasteiger partial charge on any atom is 0.316 e. The van der Waals surface area contributed by atoms with Crippen molar-refractivity contribution in [1.82, 2.24) is 15.5 Å². The fourth-order valence-electron chi connectivity index (χ4n) is 2.96. The molecule has 1 saturated carbocycles. The highest BCUT2D eigenvalue weighted by Gasteiger charge is 2.21. The highest BCUT2D eigenvalue weighted by atomic mass is 16.2. The summed E-state index contributed by atoms with van der Waals surface area (Å²) >= 11 is 0. The van der Waals surface area contributed by atoms with Crippen molar-refractivity contribution in [2.45, 2.75) is 52.0 Å². The topological polar surface area (TPSA) is 44.4 Å². The summed E-state index contributed by atoms with van der Waals surface area (Å²) in [6.45, 7) is 6.21. The molecule has 1 rings (SSSR count). The van der Waals surface area contributed by atoms with Crippen LogP contribution in [0.2, 0.25) is 0 Å². The van der Waals surface area contributed by atoms with Crippen LogP contribution >= 0.6 is 0 Å². The Morgan fingerprint density at radius 2 is 2.00 bits per heavy atom. The molecule has 1 fully saturated rings. The lowest BCUT2D eigenvalue weighted by Gasteiger charge is -2.31. The second kappa shape index (κ2) is 8.41. The van der Waals surface area contributed by atoms with Gasteiger partial charge in [0.15, 0.2) is 0 Å². The normalized spacial score (nSPS) is 23.4. The zero-order valence-electron chi connectivity index (χ0n) is 13.0. The first-order valence-electron chi connectivity index (χ1n) is 7.67. The molecule has 0 spiro atoms. The summed E-state index contributed by atoms with van der Waals surface area (Å²) in [6, 6.07) is 0.636. The number of hydrogen-bond acceptors (Lipinski definition) is 2. The van der Waals surface area contributed by atoms with E-state index in [-0.39, 0.29) is 6.03 Å². The van der Waals surface area contributed by atoms with Crippen LogP contribution in [0.25, 0.3) is 0 Å². The zero-order valence-corrected chi connectivity index (χ0v) is 13.0. The molecule has 0 aliphatic heterocycles. The van der Waals surface area contributed by atoms with E-state index in [1.807, 2.05) is 0 Å². The number of nitrogens with zero attached hydrogens (tertiary/aromatic N) is 1. The average Bonchev–Trinajstić information content (AvgIpc) is 2.34. The monoisotopic (exact) mass is 269 g/mol. The molecule has 112 valence electrons. The Bertz CT molecular complexity index is 266. The minimum atomic E-state index is -0.0110. The molecule has 2 atom stereocenters. The minimum absolute atomic E-state index is 0.0110. The van der Waals surface area contributed by atoms with Crippen molar-refractivity contribution >= 4 is 6.03 Å². The van der Waals surface area contributed by atoms with Crippen LogP contribution in [0.1, 0.15) is 46.0 Å². The van der Waals surface area contributed by atoms with E-state index >= 15 is 0 Å². The third-order valence-electron chi connectivity index (χ3n) is 3.83. The maximum atomic E-state index is 11.4. The molecule has 1 aliphatic carbocycles. The zero-order chi connectivity index (χ0) is 14.3. The van der Waals surface area contributed by atoms with Crippen molar-refractivity contribution < 1.29 is 4.79 Å². The van der Waals surface area contributed by atoms with E-state index in [1.54, 1.807) is 19.0 Å². The van der Waals surface area contributed by atoms with Crippen molar-refractivity contribution in [2.75, 3.05) is 27.2 Å². The number of carbonyl (C=O) groups excluding carboxylic acids is 1. The first-order valence-corrected chi connectivity index (χ1v) is 7.67. The van der Waals surface area contributed by atoms with Crippen LogP contribution in [-0.4, -0.2) is 44.2 Å². The quantitative estimate of drug-likeness (QED) is 0.728. The summed E-state index contributed by atoms with van der Waals surface area (Å²) in [5.41, 5.74) is 0. The predicted molar refractivity (Wildman–Crippen MR) is 80.3 cm³/mol. The maximum absolute atomic E-state index is 11.4. The Kier molecular flexibility index (Phi) is 7.21. The molecule has 2 unspecified atom stereocenters. The molecular formula is C15H31N3O. The van der Waals surface area contributed by atoms with Crippen molar-refractivity contribution in [1.29, 1.82) is 0 Å². The van der Waals surface area contributed by atoms with Crippen molar-refractivity contribution in [3.8, 4) is 0 Å². The molecule has 0 aromatic heterocycles. The van der Waals surface area contributed by atoms with Gasteiger partial charge in [-0.2, -0.15) is 0 Å². The van der Waals surface area contributed by atoms with Crippen LogP contribution in [0.3, 0.4) is 0 Å². The van der Waals surface area contributed by atoms with Crippen LogP contribution in [0.4, 0.5) is 4.79 Å². The third-order valence-corrected chi connectivity index (χ3v) is 3.83. The number of amides is 2. The van der Waals surface area contributed by atoms with Gasteiger partial charge >= 0.3 is 6.03 Å². The Labute approximate surface area is 118 Å². The van der Waals surface area contributed by atoms with Crippen LogP contribution in [0.5, 0.6) is 0 Å². The minimum Gasteiger partial charge on any atom is -0.337 e. The Balaban J connectivity index is 2.13. The average molecular weight is 269 g/mol. The van der Waals surface area contributed by atoms with Gasteiger partial charge in [-0.15, -0.1) is 0 Å². The standard InChI is InChI=1S/C15H31N3O/c1-12(2)10-13-6-5-7-14(11-13)16-8-9-17-15(19)18(3)4/h12-14,16H,5-11H2,1-4H3,(H,17,19). The molecule has 2 amide bonds. The fourth-order valence-corrected chi connectivity index (χ4v) is 2.96. The van der Waals surface area contributed by atoms with Gasteiger partial charge in [-0.1, -0.05) is 26.7 Å². The number of hydrogen-bond donors (Lipinski definition) is 2. The van der Waals surface area contributed by atoms with E-state index < -0.39 is 0 Å². The number of urea groups is 1. The fraction of sp³-hybridized carbons (Fsp3) is 0.933. The van der Waals surface area contributed by atoms with Gasteiger partial charge in [-0.05, 0) is 31.1 Å². The molecule has 4 heteroatoms. The Hall–Kier alpha value is -0.770. The lowest BCUT2D eigenvalue weighted by Crippen LogP contribution is -2.42. The summed E-state index contributed by atoms with van der Waals surface area (Å²) in [5.74, 6) is 1.70. The Morgan fingerprint density at radius 3 is 2.63 bits per heavy atom. The van der Waals surface area contributed by atoms with E-state index in [9.17, 15) is 4.79 Å². The van der Waals surface area contributed by atoms with Crippen molar-refractivity contribution in [2.24, 2.45) is 11.8 Å². The van der Waals surface area contributed by atoms with E-state index in [2.05, 4.69) is 24.5 Å². The van der Waals surface area contributed by atoms with Crippen molar-refractivity contribution in [3.63, 3.8) is 0 Å². The van der Waals surface area contributed by atoms with Crippen LogP contribution in [0.15, 0.2) is 0 Å². The molecule has 4 nitrogen and oxygen atoms in total. The Morgan fingerprint density at radius 1 is 1.26 bits per heavy atom. The van der Waals surface area contributed by atoms with Crippen LogP contribution < -0.4 is 10.6 Å². The van der Waals surface area contributed by atoms with Gasteiger partial charge in [0.1, 0.15) is 0 Å².